The van der Waals surface area contributed by atoms with Crippen molar-refractivity contribution in [3.63, 3.8) is 0 Å². The molecule has 1 unspecified atom stereocenters. The first-order valence-electron chi connectivity index (χ1n) is 9.23. The number of nitrogens with one attached hydrogen (secondary N) is 2. The van der Waals surface area contributed by atoms with Gasteiger partial charge in [0, 0.05) is 44.3 Å². The second-order valence-electron chi connectivity index (χ2n) is 6.86. The number of anilines is 3. The summed E-state index contributed by atoms with van der Waals surface area (Å²) in [5, 5.41) is 5.84. The molecule has 2 aromatic rings. The molecule has 0 bridgehead atoms. The Hall–Kier alpha value is -3.36. The van der Waals surface area contributed by atoms with Crippen LogP contribution in [-0.2, 0) is 4.79 Å². The van der Waals surface area contributed by atoms with Gasteiger partial charge in [0.25, 0.3) is 5.91 Å². The summed E-state index contributed by atoms with van der Waals surface area (Å²) >= 11 is 0. The number of hydrogen-bond acceptors (Lipinski definition) is 6. The van der Waals surface area contributed by atoms with E-state index >= 15 is 0 Å². The summed E-state index contributed by atoms with van der Waals surface area (Å²) in [6.07, 6.45) is 5.28. The highest BCUT2D eigenvalue weighted by Crippen LogP contribution is 2.33. The minimum absolute atomic E-state index is 0.00256. The second-order valence-corrected chi connectivity index (χ2v) is 6.86. The third kappa shape index (κ3) is 3.83. The Morgan fingerprint density at radius 1 is 1.29 bits per heavy atom. The minimum Gasteiger partial charge on any atom is -0.482 e. The number of aromatic nitrogens is 2. The van der Waals surface area contributed by atoms with Crippen LogP contribution in [0.25, 0.3) is 0 Å². The highest BCUT2D eigenvalue weighted by Gasteiger charge is 2.24. The zero-order valence-electron chi connectivity index (χ0n) is 15.6. The lowest BCUT2D eigenvalue weighted by atomic mass is 10.1. The Kier molecular flexibility index (Phi) is 4.96. The van der Waals surface area contributed by atoms with Gasteiger partial charge in [-0.15, -0.1) is 0 Å². The summed E-state index contributed by atoms with van der Waals surface area (Å²) in [7, 11) is 1.69. The number of benzene rings is 1. The standard InChI is InChI=1S/C19H22N6O3/c1-24-15-10-13(5-6-16(15)28-12-17(24)26)22-19(27)23-14-4-2-9-25(11-14)18-20-7-3-8-21-18/h3,5-8,10,14H,2,4,9,11-12H2,1H3,(H2,22,23,27). The van der Waals surface area contributed by atoms with Gasteiger partial charge in [0.05, 0.1) is 5.69 Å². The molecule has 0 saturated carbocycles. The van der Waals surface area contributed by atoms with Gasteiger partial charge in [-0.25, -0.2) is 14.8 Å². The zero-order valence-corrected chi connectivity index (χ0v) is 15.6. The van der Waals surface area contributed by atoms with E-state index in [4.69, 9.17) is 4.74 Å². The third-order valence-electron chi connectivity index (χ3n) is 4.90. The van der Waals surface area contributed by atoms with E-state index in [1.54, 1.807) is 43.7 Å². The van der Waals surface area contributed by atoms with E-state index in [9.17, 15) is 9.59 Å². The lowest BCUT2D eigenvalue weighted by Gasteiger charge is -2.33. The van der Waals surface area contributed by atoms with Gasteiger partial charge >= 0.3 is 6.03 Å². The van der Waals surface area contributed by atoms with Crippen LogP contribution >= 0.6 is 0 Å². The van der Waals surface area contributed by atoms with Gasteiger partial charge in [-0.3, -0.25) is 4.79 Å². The van der Waals surface area contributed by atoms with Crippen LogP contribution in [0, 0.1) is 0 Å². The molecule has 0 spiro atoms. The van der Waals surface area contributed by atoms with Crippen molar-refractivity contribution in [2.45, 2.75) is 18.9 Å². The van der Waals surface area contributed by atoms with Gasteiger partial charge in [-0.2, -0.15) is 0 Å². The van der Waals surface area contributed by atoms with Crippen molar-refractivity contribution in [1.29, 1.82) is 0 Å². The molecule has 0 aliphatic carbocycles. The molecule has 2 aliphatic heterocycles. The largest absolute Gasteiger partial charge is 0.482 e. The molecule has 1 saturated heterocycles. The molecule has 3 amide bonds. The number of amides is 3. The van der Waals surface area contributed by atoms with Gasteiger partial charge in [0.1, 0.15) is 5.75 Å². The van der Waals surface area contributed by atoms with E-state index < -0.39 is 0 Å². The fourth-order valence-corrected chi connectivity index (χ4v) is 3.43. The summed E-state index contributed by atoms with van der Waals surface area (Å²) in [6, 6.07) is 6.74. The van der Waals surface area contributed by atoms with Crippen LogP contribution < -0.4 is 25.2 Å². The number of rotatable bonds is 3. The van der Waals surface area contributed by atoms with E-state index in [0.29, 0.717) is 29.6 Å². The van der Waals surface area contributed by atoms with Crippen molar-refractivity contribution in [3.8, 4) is 5.75 Å². The Morgan fingerprint density at radius 2 is 2.11 bits per heavy atom. The molecule has 2 aliphatic rings. The molecule has 1 aromatic heterocycles. The smallest absolute Gasteiger partial charge is 0.319 e. The van der Waals surface area contributed by atoms with Crippen molar-refractivity contribution in [1.82, 2.24) is 15.3 Å². The molecule has 1 fully saturated rings. The summed E-state index contributed by atoms with van der Waals surface area (Å²) in [5.74, 6) is 1.18. The summed E-state index contributed by atoms with van der Waals surface area (Å²) in [5.41, 5.74) is 1.24. The second kappa shape index (κ2) is 7.71. The van der Waals surface area contributed by atoms with Gasteiger partial charge in [-0.05, 0) is 37.1 Å². The predicted molar refractivity (Wildman–Crippen MR) is 105 cm³/mol. The topological polar surface area (TPSA) is 99.7 Å². The van der Waals surface area contributed by atoms with Crippen LogP contribution in [0.4, 0.5) is 22.1 Å². The maximum absolute atomic E-state index is 12.5. The summed E-state index contributed by atoms with van der Waals surface area (Å²) in [6.45, 7) is 1.56. The first-order chi connectivity index (χ1) is 13.6. The fourth-order valence-electron chi connectivity index (χ4n) is 3.43. The molecule has 4 rings (SSSR count). The number of likely N-dealkylation sites (N-methyl/N-ethyl adjacent to an activating group) is 1. The summed E-state index contributed by atoms with van der Waals surface area (Å²) in [4.78, 5) is 36.4. The maximum Gasteiger partial charge on any atom is 0.319 e. The van der Waals surface area contributed by atoms with E-state index in [1.807, 2.05) is 0 Å². The molecule has 3 heterocycles. The molecule has 146 valence electrons. The maximum atomic E-state index is 12.5. The Labute approximate surface area is 162 Å². The lowest BCUT2D eigenvalue weighted by molar-refractivity contribution is -0.120. The van der Waals surface area contributed by atoms with Crippen molar-refractivity contribution < 1.29 is 14.3 Å². The normalized spacial score (nSPS) is 18.9. The number of fused-ring (bicyclic) bond motifs is 1. The number of piperidine rings is 1. The monoisotopic (exact) mass is 382 g/mol. The Balaban J connectivity index is 1.37. The lowest BCUT2D eigenvalue weighted by Crippen LogP contribution is -2.49. The van der Waals surface area contributed by atoms with Crippen molar-refractivity contribution in [2.75, 3.05) is 41.9 Å². The van der Waals surface area contributed by atoms with Gasteiger partial charge in [0.15, 0.2) is 6.61 Å². The number of urea groups is 1. The average Bonchev–Trinajstić information content (AvgIpc) is 2.72. The van der Waals surface area contributed by atoms with Crippen LogP contribution in [0.1, 0.15) is 12.8 Å². The summed E-state index contributed by atoms with van der Waals surface area (Å²) < 4.78 is 5.40. The Bertz CT molecular complexity index is 875. The van der Waals surface area contributed by atoms with Gasteiger partial charge < -0.3 is 25.2 Å². The molecule has 1 atom stereocenters. The molecule has 9 heteroatoms. The van der Waals surface area contributed by atoms with E-state index in [-0.39, 0.29) is 24.6 Å². The van der Waals surface area contributed by atoms with Crippen molar-refractivity contribution in [2.24, 2.45) is 0 Å². The van der Waals surface area contributed by atoms with Crippen LogP contribution in [0.15, 0.2) is 36.7 Å². The zero-order chi connectivity index (χ0) is 19.5. The van der Waals surface area contributed by atoms with Gasteiger partial charge in [-0.1, -0.05) is 0 Å². The number of nitrogens with zero attached hydrogens (tertiary/aromatic N) is 4. The molecule has 28 heavy (non-hydrogen) atoms. The van der Waals surface area contributed by atoms with Crippen LogP contribution in [0.3, 0.4) is 0 Å². The third-order valence-corrected chi connectivity index (χ3v) is 4.90. The molecule has 2 N–H and O–H groups in total. The first-order valence-corrected chi connectivity index (χ1v) is 9.23. The molecule has 9 nitrogen and oxygen atoms in total. The SMILES string of the molecule is CN1C(=O)COc2ccc(NC(=O)NC3CCCN(c4ncccn4)C3)cc21. The number of hydrogen-bond donors (Lipinski definition) is 2. The number of carbonyl (C=O) groups is 2. The highest BCUT2D eigenvalue weighted by atomic mass is 16.5. The molecule has 0 radical (unpaired) electrons. The van der Waals surface area contributed by atoms with Crippen LogP contribution in [0.5, 0.6) is 5.75 Å². The fraction of sp³-hybridized carbons (Fsp3) is 0.368. The van der Waals surface area contributed by atoms with E-state index in [1.165, 1.54) is 4.90 Å². The van der Waals surface area contributed by atoms with Crippen LogP contribution in [-0.4, -0.2) is 54.7 Å². The molecule has 1 aromatic carbocycles. The molecular weight excluding hydrogens is 360 g/mol. The molecular formula is C19H22N6O3. The van der Waals surface area contributed by atoms with Crippen LogP contribution in [0.2, 0.25) is 0 Å². The van der Waals surface area contributed by atoms with E-state index in [0.717, 1.165) is 19.4 Å². The van der Waals surface area contributed by atoms with Crippen molar-refractivity contribution >= 4 is 29.3 Å². The average molecular weight is 382 g/mol. The van der Waals surface area contributed by atoms with E-state index in [2.05, 4.69) is 25.5 Å². The number of carbonyl (C=O) groups excluding carboxylic acids is 2. The predicted octanol–water partition coefficient (Wildman–Crippen LogP) is 1.62. The van der Waals surface area contributed by atoms with Crippen molar-refractivity contribution in [3.05, 3.63) is 36.7 Å². The quantitative estimate of drug-likeness (QED) is 0.837. The highest BCUT2D eigenvalue weighted by molar-refractivity contribution is 5.99. The number of ether oxygens (including phenoxy) is 1. The minimum atomic E-state index is -0.286. The first kappa shape index (κ1) is 18.0. The Morgan fingerprint density at radius 3 is 2.93 bits per heavy atom. The van der Waals surface area contributed by atoms with Gasteiger partial charge in [0.2, 0.25) is 5.95 Å².